The Labute approximate surface area is 115 Å². The van der Waals surface area contributed by atoms with Crippen LogP contribution in [-0.2, 0) is 0 Å². The van der Waals surface area contributed by atoms with Gasteiger partial charge >= 0.3 is 5.97 Å². The molecule has 0 aliphatic rings. The van der Waals surface area contributed by atoms with Gasteiger partial charge in [0.2, 0.25) is 0 Å². The number of carboxylic acids is 1. The minimum Gasteiger partial charge on any atom is -0.478 e. The molecule has 1 heterocycles. The molecular formula is C11H7N3O5S. The number of nitro groups is 1. The number of nitrogens with zero attached hydrogens (tertiary/aromatic N) is 2. The Kier molecular flexibility index (Phi) is 3.80. The first-order valence-corrected chi connectivity index (χ1v) is 6.04. The molecule has 9 heteroatoms. The number of aromatic carboxylic acids is 1. The molecular weight excluding hydrogens is 286 g/mol. The highest BCUT2D eigenvalue weighted by Gasteiger charge is 2.18. The number of rotatable bonds is 4. The summed E-state index contributed by atoms with van der Waals surface area (Å²) < 4.78 is 0. The van der Waals surface area contributed by atoms with Crippen molar-refractivity contribution in [3.8, 4) is 0 Å². The van der Waals surface area contributed by atoms with Crippen LogP contribution >= 0.6 is 11.8 Å². The minimum absolute atomic E-state index is 0.0867. The fraction of sp³-hybridized carbons (Fsp3) is 0. The zero-order chi connectivity index (χ0) is 14.7. The Morgan fingerprint density at radius 2 is 2.15 bits per heavy atom. The van der Waals surface area contributed by atoms with Crippen LogP contribution in [0.2, 0.25) is 0 Å². The molecule has 0 amide bonds. The first-order valence-electron chi connectivity index (χ1n) is 5.22. The maximum absolute atomic E-state index is 11.1. The van der Waals surface area contributed by atoms with Gasteiger partial charge in [-0.3, -0.25) is 14.9 Å². The van der Waals surface area contributed by atoms with Crippen LogP contribution in [0.25, 0.3) is 0 Å². The second-order valence-electron chi connectivity index (χ2n) is 3.59. The first-order chi connectivity index (χ1) is 9.47. The fourth-order valence-corrected chi connectivity index (χ4v) is 2.29. The molecule has 0 fully saturated rings. The van der Waals surface area contributed by atoms with E-state index in [1.165, 1.54) is 12.3 Å². The topological polar surface area (TPSA) is 126 Å². The largest absolute Gasteiger partial charge is 0.478 e. The van der Waals surface area contributed by atoms with Crippen LogP contribution in [0.5, 0.6) is 0 Å². The van der Waals surface area contributed by atoms with Crippen molar-refractivity contribution >= 4 is 23.4 Å². The molecule has 8 nitrogen and oxygen atoms in total. The van der Waals surface area contributed by atoms with Gasteiger partial charge in [-0.1, -0.05) is 0 Å². The van der Waals surface area contributed by atoms with Crippen molar-refractivity contribution in [3.63, 3.8) is 0 Å². The Morgan fingerprint density at radius 1 is 1.40 bits per heavy atom. The molecule has 0 bridgehead atoms. The average Bonchev–Trinajstić information content (AvgIpc) is 2.38. The third kappa shape index (κ3) is 3.01. The number of carboxylic acid groups (broad SMARTS) is 1. The molecule has 0 spiro atoms. The standard InChI is InChI=1S/C11H7N3O5S/c15-9-3-4-12-11(13-9)20-8-5-6(10(16)17)1-2-7(8)14(18)19/h1-5H,(H,16,17)(H,12,13,15). The van der Waals surface area contributed by atoms with Crippen LogP contribution in [-0.4, -0.2) is 26.0 Å². The maximum atomic E-state index is 11.1. The van der Waals surface area contributed by atoms with E-state index in [9.17, 15) is 19.7 Å². The van der Waals surface area contributed by atoms with Crippen LogP contribution < -0.4 is 5.56 Å². The lowest BCUT2D eigenvalue weighted by Gasteiger charge is -2.03. The van der Waals surface area contributed by atoms with Gasteiger partial charge in [0.1, 0.15) is 0 Å². The molecule has 0 atom stereocenters. The van der Waals surface area contributed by atoms with E-state index in [-0.39, 0.29) is 21.3 Å². The number of nitro benzene ring substituents is 1. The van der Waals surface area contributed by atoms with Gasteiger partial charge in [-0.25, -0.2) is 9.78 Å². The van der Waals surface area contributed by atoms with Crippen molar-refractivity contribution in [2.75, 3.05) is 0 Å². The van der Waals surface area contributed by atoms with E-state index in [4.69, 9.17) is 5.11 Å². The number of aromatic amines is 1. The van der Waals surface area contributed by atoms with Crippen molar-refractivity contribution < 1.29 is 14.8 Å². The number of benzene rings is 1. The lowest BCUT2D eigenvalue weighted by molar-refractivity contribution is -0.387. The monoisotopic (exact) mass is 293 g/mol. The van der Waals surface area contributed by atoms with Gasteiger partial charge in [0.15, 0.2) is 5.16 Å². The molecule has 0 saturated heterocycles. The van der Waals surface area contributed by atoms with E-state index in [1.807, 2.05) is 0 Å². The second kappa shape index (κ2) is 5.53. The van der Waals surface area contributed by atoms with E-state index in [1.54, 1.807) is 0 Å². The number of hydrogen-bond donors (Lipinski definition) is 2. The zero-order valence-corrected chi connectivity index (χ0v) is 10.6. The third-order valence-corrected chi connectivity index (χ3v) is 3.21. The molecule has 0 unspecified atom stereocenters. The molecule has 20 heavy (non-hydrogen) atoms. The van der Waals surface area contributed by atoms with Crippen LogP contribution in [0.1, 0.15) is 10.4 Å². The highest BCUT2D eigenvalue weighted by atomic mass is 32.2. The van der Waals surface area contributed by atoms with Crippen molar-refractivity contribution in [1.29, 1.82) is 0 Å². The Balaban J connectivity index is 2.47. The number of aromatic nitrogens is 2. The van der Waals surface area contributed by atoms with Crippen molar-refractivity contribution in [1.82, 2.24) is 9.97 Å². The third-order valence-electron chi connectivity index (χ3n) is 2.26. The molecule has 102 valence electrons. The van der Waals surface area contributed by atoms with Gasteiger partial charge < -0.3 is 10.1 Å². The van der Waals surface area contributed by atoms with Crippen molar-refractivity contribution in [2.24, 2.45) is 0 Å². The van der Waals surface area contributed by atoms with E-state index in [0.29, 0.717) is 0 Å². The van der Waals surface area contributed by atoms with E-state index >= 15 is 0 Å². The molecule has 0 radical (unpaired) electrons. The summed E-state index contributed by atoms with van der Waals surface area (Å²) in [5.74, 6) is -1.20. The predicted molar refractivity (Wildman–Crippen MR) is 69.0 cm³/mol. The summed E-state index contributed by atoms with van der Waals surface area (Å²) >= 11 is 0.817. The number of carbonyl (C=O) groups is 1. The normalized spacial score (nSPS) is 10.2. The van der Waals surface area contributed by atoms with Crippen LogP contribution in [0.15, 0.2) is 45.3 Å². The summed E-state index contributed by atoms with van der Waals surface area (Å²) in [5, 5.41) is 20.0. The highest BCUT2D eigenvalue weighted by Crippen LogP contribution is 2.33. The van der Waals surface area contributed by atoms with Crippen molar-refractivity contribution in [2.45, 2.75) is 10.1 Å². The van der Waals surface area contributed by atoms with Gasteiger partial charge in [-0.05, 0) is 23.9 Å². The Morgan fingerprint density at radius 3 is 2.75 bits per heavy atom. The van der Waals surface area contributed by atoms with Crippen LogP contribution in [0.3, 0.4) is 0 Å². The summed E-state index contributed by atoms with van der Waals surface area (Å²) in [6.45, 7) is 0. The predicted octanol–water partition coefficient (Wildman–Crippen LogP) is 1.53. The van der Waals surface area contributed by atoms with Gasteiger partial charge in [0, 0.05) is 18.3 Å². The van der Waals surface area contributed by atoms with Gasteiger partial charge in [-0.15, -0.1) is 0 Å². The Bertz CT molecular complexity index is 743. The minimum atomic E-state index is -1.20. The Hall–Kier alpha value is -2.68. The molecule has 2 rings (SSSR count). The molecule has 2 N–H and O–H groups in total. The second-order valence-corrected chi connectivity index (χ2v) is 4.62. The molecule has 0 aliphatic heterocycles. The summed E-state index contributed by atoms with van der Waals surface area (Å²) in [6, 6.07) is 4.61. The maximum Gasteiger partial charge on any atom is 0.335 e. The summed E-state index contributed by atoms with van der Waals surface area (Å²) in [6.07, 6.45) is 1.26. The number of hydrogen-bond acceptors (Lipinski definition) is 6. The number of nitrogens with one attached hydrogen (secondary N) is 1. The average molecular weight is 293 g/mol. The van der Waals surface area contributed by atoms with E-state index < -0.39 is 16.5 Å². The molecule has 2 aromatic rings. The zero-order valence-electron chi connectivity index (χ0n) is 9.77. The van der Waals surface area contributed by atoms with E-state index in [2.05, 4.69) is 9.97 Å². The molecule has 0 aliphatic carbocycles. The van der Waals surface area contributed by atoms with Gasteiger partial charge in [0.05, 0.1) is 15.4 Å². The van der Waals surface area contributed by atoms with Crippen LogP contribution in [0.4, 0.5) is 5.69 Å². The summed E-state index contributed by atoms with van der Waals surface area (Å²) in [4.78, 5) is 38.6. The lowest BCUT2D eigenvalue weighted by Crippen LogP contribution is -2.05. The van der Waals surface area contributed by atoms with Gasteiger partial charge in [-0.2, -0.15) is 0 Å². The van der Waals surface area contributed by atoms with Crippen LogP contribution in [0, 0.1) is 10.1 Å². The first kappa shape index (κ1) is 13.7. The lowest BCUT2D eigenvalue weighted by atomic mass is 10.2. The number of H-pyrrole nitrogens is 1. The quantitative estimate of drug-likeness (QED) is 0.497. The smallest absolute Gasteiger partial charge is 0.335 e. The molecule has 1 aromatic heterocycles. The summed E-state index contributed by atoms with van der Waals surface area (Å²) in [5.41, 5.74) is -0.748. The molecule has 0 saturated carbocycles. The summed E-state index contributed by atoms with van der Waals surface area (Å²) in [7, 11) is 0. The van der Waals surface area contributed by atoms with Gasteiger partial charge in [0.25, 0.3) is 11.2 Å². The SMILES string of the molecule is O=C(O)c1ccc([N+](=O)[O-])c(Sc2nccc(=O)[nH]2)c1. The van der Waals surface area contributed by atoms with Crippen molar-refractivity contribution in [3.05, 3.63) is 56.5 Å². The molecule has 1 aromatic carbocycles. The fourth-order valence-electron chi connectivity index (χ4n) is 1.39. The van der Waals surface area contributed by atoms with E-state index in [0.717, 1.165) is 30.0 Å². The highest BCUT2D eigenvalue weighted by molar-refractivity contribution is 7.99.